The van der Waals surface area contributed by atoms with Gasteiger partial charge in [-0.3, -0.25) is 9.59 Å². The van der Waals surface area contributed by atoms with Crippen LogP contribution in [0.4, 0.5) is 0 Å². The summed E-state index contributed by atoms with van der Waals surface area (Å²) in [6, 6.07) is 16.6. The molecule has 6 aromatic carbocycles. The molecule has 0 aliphatic heterocycles. The van der Waals surface area contributed by atoms with Gasteiger partial charge in [0, 0.05) is 45.1 Å². The number of aryl methyl sites for hydroxylation is 2. The van der Waals surface area contributed by atoms with Gasteiger partial charge in [-0.2, -0.15) is 0 Å². The fraction of sp³-hybridized carbons (Fsp3) is 0.0500. The Morgan fingerprint density at radius 2 is 0.981 bits per heavy atom. The summed E-state index contributed by atoms with van der Waals surface area (Å²) in [5, 5.41) is 98.0. The summed E-state index contributed by atoms with van der Waals surface area (Å²) >= 11 is 0. The molecule has 12 nitrogen and oxygen atoms in total. The van der Waals surface area contributed by atoms with E-state index in [0.717, 1.165) is 23.8 Å². The van der Waals surface area contributed by atoms with Gasteiger partial charge in [-0.1, -0.05) is 24.3 Å². The Balaban J connectivity index is 1.69. The lowest BCUT2D eigenvalue weighted by atomic mass is 9.91. The third kappa shape index (κ3) is 4.69. The van der Waals surface area contributed by atoms with E-state index in [9.17, 15) is 55.5 Å². The maximum absolute atomic E-state index is 13.0. The van der Waals surface area contributed by atoms with Gasteiger partial charge in [0.15, 0.2) is 34.5 Å². The van der Waals surface area contributed by atoms with Crippen LogP contribution in [0.2, 0.25) is 0 Å². The average molecular weight is 698 g/mol. The normalized spacial score (nSPS) is 12.7. The molecule has 0 saturated carbocycles. The number of phenols is 9. The number of Topliss-reactive ketones (excluding diaryl/α,β-unsaturated/α-hetero) is 2. The Bertz CT molecular complexity index is 2870. The highest BCUT2D eigenvalue weighted by Crippen LogP contribution is 2.51. The van der Waals surface area contributed by atoms with Crippen LogP contribution < -0.4 is 10.4 Å². The first-order chi connectivity index (χ1) is 24.8. The van der Waals surface area contributed by atoms with Gasteiger partial charge in [-0.05, 0) is 88.3 Å². The van der Waals surface area contributed by atoms with Crippen LogP contribution in [0.15, 0.2) is 72.8 Å². The van der Waals surface area contributed by atoms with Crippen molar-refractivity contribution in [3.05, 3.63) is 88.8 Å². The van der Waals surface area contributed by atoms with Crippen molar-refractivity contribution in [3.8, 4) is 74.0 Å². The van der Waals surface area contributed by atoms with Crippen molar-refractivity contribution in [1.29, 1.82) is 0 Å². The molecule has 0 saturated heterocycles. The molecule has 1 heterocycles. The molecule has 0 spiro atoms. The topological polar surface area (TPSA) is 221 Å². The number of carbonyl (C=O) groups is 2. The van der Waals surface area contributed by atoms with E-state index in [1.807, 2.05) is 0 Å². The summed E-state index contributed by atoms with van der Waals surface area (Å²) in [5.74, 6) is -5.53. The van der Waals surface area contributed by atoms with Gasteiger partial charge in [-0.15, -0.1) is 0 Å². The zero-order chi connectivity index (χ0) is 36.7. The number of carbonyl (C=O) groups excluding carboxylic acids is 2. The van der Waals surface area contributed by atoms with Crippen LogP contribution in [-0.2, 0) is 22.6 Å². The summed E-state index contributed by atoms with van der Waals surface area (Å²) in [7, 11) is 0. The molecule has 258 valence electrons. The number of aromatic nitrogens is 1. The zero-order valence-electron chi connectivity index (χ0n) is 26.8. The van der Waals surface area contributed by atoms with Gasteiger partial charge < -0.3 is 50.5 Å². The third-order valence-electron chi connectivity index (χ3n) is 9.55. The van der Waals surface area contributed by atoms with E-state index in [2.05, 4.69) is 0 Å². The standard InChI is InChI=1S/C40H27NO11/c42-20-5-1-17(2-6-20)9-10-41-37-33(18-3-7-25(43)27(45)11-18)39(51)23-15-31(49)29(47)13-21(23)35(37)36-22-14-30(48)32(50)16-24(22)40(52)34(38(36)41)19-4-8-26(44)28(46)12-19/h1-8,11-16,42-47,49,51-52H,9-10H2. The second kappa shape index (κ2) is 11.4. The van der Waals surface area contributed by atoms with E-state index in [0.29, 0.717) is 11.8 Å². The van der Waals surface area contributed by atoms with Crippen molar-refractivity contribution < 1.29 is 55.5 Å². The van der Waals surface area contributed by atoms with Crippen LogP contribution in [0.25, 0.3) is 67.0 Å². The molecule has 0 atom stereocenters. The molecule has 0 fully saturated rings. The Labute approximate surface area is 291 Å². The number of ketones is 2. The molecule has 0 unspecified atom stereocenters. The minimum Gasteiger partial charge on any atom is -0.508 e. The minimum absolute atomic E-state index is 0.0229. The van der Waals surface area contributed by atoms with Crippen molar-refractivity contribution in [2.24, 2.45) is 0 Å². The molecular weight excluding hydrogens is 670 g/mol. The second-order valence-electron chi connectivity index (χ2n) is 12.6. The molecule has 52 heavy (non-hydrogen) atoms. The molecule has 1 aromatic heterocycles. The van der Waals surface area contributed by atoms with Crippen molar-refractivity contribution in [3.63, 3.8) is 0 Å². The fourth-order valence-corrected chi connectivity index (χ4v) is 7.13. The molecule has 0 amide bonds. The summed E-state index contributed by atoms with van der Waals surface area (Å²) in [5.41, 5.74) is 1.88. The van der Waals surface area contributed by atoms with E-state index in [-0.39, 0.29) is 77.9 Å². The molecule has 9 N–H and O–H groups in total. The molecule has 1 aliphatic rings. The molecule has 7 aromatic rings. The van der Waals surface area contributed by atoms with Crippen molar-refractivity contribution in [2.45, 2.75) is 13.0 Å². The number of hydrogen-bond donors (Lipinski definition) is 9. The highest BCUT2D eigenvalue weighted by molar-refractivity contribution is 6.58. The molecule has 12 heteroatoms. The lowest BCUT2D eigenvalue weighted by Crippen LogP contribution is -2.34. The van der Waals surface area contributed by atoms with Crippen molar-refractivity contribution in [2.75, 3.05) is 0 Å². The summed E-state index contributed by atoms with van der Waals surface area (Å²) in [6.45, 7) is 0.0999. The Hall–Kier alpha value is -7.34. The monoisotopic (exact) mass is 697 g/mol. The number of aromatic hydroxyl groups is 9. The average Bonchev–Trinajstić information content (AvgIpc) is 3.43. The van der Waals surface area contributed by atoms with E-state index in [4.69, 9.17) is 0 Å². The Kier molecular flexibility index (Phi) is 6.96. The van der Waals surface area contributed by atoms with Crippen molar-refractivity contribution >= 4 is 56.3 Å². The predicted octanol–water partition coefficient (Wildman–Crippen LogP) is 4.59. The fourth-order valence-electron chi connectivity index (χ4n) is 7.13. The lowest BCUT2D eigenvalue weighted by Gasteiger charge is -2.17. The second-order valence-corrected chi connectivity index (χ2v) is 12.6. The number of rotatable bonds is 5. The highest BCUT2D eigenvalue weighted by Gasteiger charge is 2.30. The SMILES string of the molecule is O=C1C=c2c(O)c(-c3ccc(O)c(O)c3)c3c(c2=CC1=O)c1c2cc(O)c(O)cc2c(O)c(-c2ccc(O)c(O)c2)c1n3CCc1ccc(O)cc1. The van der Waals surface area contributed by atoms with E-state index in [1.54, 1.807) is 16.7 Å². The first-order valence-corrected chi connectivity index (χ1v) is 15.9. The van der Waals surface area contributed by atoms with Gasteiger partial charge in [0.1, 0.15) is 17.2 Å². The predicted molar refractivity (Wildman–Crippen MR) is 191 cm³/mol. The van der Waals surface area contributed by atoms with Gasteiger partial charge in [0.2, 0.25) is 11.6 Å². The van der Waals surface area contributed by atoms with Crippen LogP contribution in [0.5, 0.6) is 51.7 Å². The number of nitrogens with zero attached hydrogens (tertiary/aromatic N) is 1. The van der Waals surface area contributed by atoms with Crippen molar-refractivity contribution in [1.82, 2.24) is 4.57 Å². The molecule has 1 aliphatic carbocycles. The van der Waals surface area contributed by atoms with Crippen LogP contribution in [-0.4, -0.2) is 62.1 Å². The third-order valence-corrected chi connectivity index (χ3v) is 9.55. The van der Waals surface area contributed by atoms with Gasteiger partial charge >= 0.3 is 0 Å². The summed E-state index contributed by atoms with van der Waals surface area (Å²) in [4.78, 5) is 25.8. The minimum atomic E-state index is -0.900. The van der Waals surface area contributed by atoms with Crippen LogP contribution in [0, 0.1) is 0 Å². The number of hydrogen-bond acceptors (Lipinski definition) is 11. The number of phenolic OH excluding ortho intramolecular Hbond substituents is 9. The van der Waals surface area contributed by atoms with Crippen LogP contribution >= 0.6 is 0 Å². The maximum Gasteiger partial charge on any atom is 0.226 e. The Morgan fingerprint density at radius 3 is 1.56 bits per heavy atom. The van der Waals surface area contributed by atoms with E-state index in [1.165, 1.54) is 54.6 Å². The lowest BCUT2D eigenvalue weighted by molar-refractivity contribution is -0.129. The quantitative estimate of drug-likeness (QED) is 0.0894. The van der Waals surface area contributed by atoms with E-state index >= 15 is 0 Å². The largest absolute Gasteiger partial charge is 0.508 e. The zero-order valence-corrected chi connectivity index (χ0v) is 26.8. The maximum atomic E-state index is 13.0. The highest BCUT2D eigenvalue weighted by atomic mass is 16.3. The first kappa shape index (κ1) is 31.9. The van der Waals surface area contributed by atoms with Gasteiger partial charge in [-0.25, -0.2) is 0 Å². The number of benzene rings is 6. The van der Waals surface area contributed by atoms with Gasteiger partial charge in [0.25, 0.3) is 0 Å². The van der Waals surface area contributed by atoms with E-state index < -0.39 is 51.8 Å². The van der Waals surface area contributed by atoms with Crippen LogP contribution in [0.1, 0.15) is 5.56 Å². The molecule has 0 bridgehead atoms. The summed E-state index contributed by atoms with van der Waals surface area (Å²) < 4.78 is 1.74. The van der Waals surface area contributed by atoms with Crippen LogP contribution in [0.3, 0.4) is 0 Å². The first-order valence-electron chi connectivity index (χ1n) is 15.9. The Morgan fingerprint density at radius 1 is 0.481 bits per heavy atom. The summed E-state index contributed by atoms with van der Waals surface area (Å²) in [6.07, 6.45) is 2.39. The number of fused-ring (bicyclic) bond motifs is 7. The molecule has 8 rings (SSSR count). The molecular formula is C40H27NO11. The van der Waals surface area contributed by atoms with Gasteiger partial charge in [0.05, 0.1) is 11.0 Å². The smallest absolute Gasteiger partial charge is 0.226 e. The molecule has 0 radical (unpaired) electrons.